The molecule has 0 rings (SSSR count). The predicted molar refractivity (Wildman–Crippen MR) is 157 cm³/mol. The zero-order valence-electron chi connectivity index (χ0n) is 25.2. The normalized spacial score (nSPS) is 16.0. The van der Waals surface area contributed by atoms with Crippen molar-refractivity contribution >= 4 is 0 Å². The van der Waals surface area contributed by atoms with E-state index in [4.69, 9.17) is 4.74 Å². The summed E-state index contributed by atoms with van der Waals surface area (Å²) in [5.74, 6) is 0. The smallest absolute Gasteiger partial charge is 0.124 e. The molecular formula is C32H66O5. The van der Waals surface area contributed by atoms with Crippen molar-refractivity contribution in [1.82, 2.24) is 0 Å². The molecule has 0 unspecified atom stereocenters. The van der Waals surface area contributed by atoms with Crippen LogP contribution >= 0.6 is 0 Å². The molecule has 3 atom stereocenters. The number of hydrogen-bond acceptors (Lipinski definition) is 5. The molecule has 0 amide bonds. The molecule has 37 heavy (non-hydrogen) atoms. The molecule has 0 spiro atoms. The average molecular weight is 531 g/mol. The van der Waals surface area contributed by atoms with Gasteiger partial charge in [-0.05, 0) is 19.3 Å². The molecule has 0 aliphatic rings. The number of hydrogen-bond donors (Lipinski definition) is 4. The summed E-state index contributed by atoms with van der Waals surface area (Å²) in [6.45, 7) is 6.22. The molecule has 0 aromatic heterocycles. The molecule has 5 heteroatoms. The molecule has 5 nitrogen and oxygen atoms in total. The van der Waals surface area contributed by atoms with Crippen molar-refractivity contribution in [3.05, 3.63) is 0 Å². The lowest BCUT2D eigenvalue weighted by Crippen LogP contribution is -2.64. The summed E-state index contributed by atoms with van der Waals surface area (Å²) >= 11 is 0. The molecular weight excluding hydrogens is 464 g/mol. The molecule has 0 heterocycles. The fourth-order valence-corrected chi connectivity index (χ4v) is 5.48. The van der Waals surface area contributed by atoms with Gasteiger partial charge in [-0.1, -0.05) is 149 Å². The van der Waals surface area contributed by atoms with E-state index in [2.05, 4.69) is 20.8 Å². The summed E-state index contributed by atoms with van der Waals surface area (Å²) in [6.07, 6.45) is 23.4. The number of aliphatic hydroxyl groups is 4. The van der Waals surface area contributed by atoms with Crippen molar-refractivity contribution in [1.29, 1.82) is 0 Å². The average Bonchev–Trinajstić information content (AvgIpc) is 2.90. The summed E-state index contributed by atoms with van der Waals surface area (Å²) in [4.78, 5) is 0. The minimum absolute atomic E-state index is 0.321. The van der Waals surface area contributed by atoms with Gasteiger partial charge in [-0.15, -0.1) is 0 Å². The third kappa shape index (κ3) is 16.5. The number of ether oxygens (including phenoxy) is 1. The summed E-state index contributed by atoms with van der Waals surface area (Å²) in [5, 5.41) is 44.0. The van der Waals surface area contributed by atoms with E-state index in [0.29, 0.717) is 19.4 Å². The van der Waals surface area contributed by atoms with Crippen molar-refractivity contribution in [2.24, 2.45) is 0 Å². The third-order valence-electron chi connectivity index (χ3n) is 8.19. The Kier molecular flexibility index (Phi) is 24.7. The molecule has 0 aliphatic heterocycles. The number of unbranched alkanes of at least 4 members (excludes halogenated alkanes) is 18. The highest BCUT2D eigenvalue weighted by molar-refractivity contribution is 5.04. The van der Waals surface area contributed by atoms with Gasteiger partial charge < -0.3 is 25.2 Å². The molecule has 0 aromatic carbocycles. The van der Waals surface area contributed by atoms with Crippen molar-refractivity contribution in [2.45, 2.75) is 186 Å². The van der Waals surface area contributed by atoms with E-state index in [0.717, 1.165) is 51.4 Å². The molecule has 0 aromatic rings. The highest BCUT2D eigenvalue weighted by Gasteiger charge is 2.53. The second kappa shape index (κ2) is 24.8. The Morgan fingerprint density at radius 1 is 0.514 bits per heavy atom. The van der Waals surface area contributed by atoms with Gasteiger partial charge in [0.05, 0.1) is 13.2 Å². The van der Waals surface area contributed by atoms with Crippen LogP contribution in [0.3, 0.4) is 0 Å². The van der Waals surface area contributed by atoms with Crippen molar-refractivity contribution in [3.63, 3.8) is 0 Å². The van der Waals surface area contributed by atoms with E-state index in [1.165, 1.54) is 83.5 Å². The predicted octanol–water partition coefficient (Wildman–Crippen LogP) is 7.85. The van der Waals surface area contributed by atoms with E-state index in [1.54, 1.807) is 0 Å². The molecule has 0 aliphatic carbocycles. The van der Waals surface area contributed by atoms with Gasteiger partial charge in [0.25, 0.3) is 0 Å². The van der Waals surface area contributed by atoms with Crippen LogP contribution in [0.25, 0.3) is 0 Å². The van der Waals surface area contributed by atoms with Crippen molar-refractivity contribution in [2.75, 3.05) is 19.8 Å². The lowest BCUT2D eigenvalue weighted by atomic mass is 9.72. The summed E-state index contributed by atoms with van der Waals surface area (Å²) in [7, 11) is 0. The van der Waals surface area contributed by atoms with E-state index in [9.17, 15) is 20.4 Å². The lowest BCUT2D eigenvalue weighted by Gasteiger charge is -2.47. The van der Waals surface area contributed by atoms with Gasteiger partial charge in [-0.2, -0.15) is 0 Å². The maximum Gasteiger partial charge on any atom is 0.124 e. The second-order valence-corrected chi connectivity index (χ2v) is 11.5. The molecule has 0 fully saturated rings. The second-order valence-electron chi connectivity index (χ2n) is 11.5. The quantitative estimate of drug-likeness (QED) is 0.0739. The molecule has 0 saturated heterocycles. The minimum Gasteiger partial charge on any atom is -0.394 e. The largest absolute Gasteiger partial charge is 0.394 e. The van der Waals surface area contributed by atoms with E-state index in [1.807, 2.05) is 0 Å². The summed E-state index contributed by atoms with van der Waals surface area (Å²) < 4.78 is 6.04. The highest BCUT2D eigenvalue weighted by atomic mass is 16.5. The SMILES string of the molecule is CCCCCCCCCO[C@H](CO)[C@@](O)(CCCCCCCCC)[C@@](O)(CO)CCCCCCCCC. The Morgan fingerprint density at radius 2 is 0.892 bits per heavy atom. The van der Waals surface area contributed by atoms with Crippen LogP contribution in [-0.2, 0) is 4.74 Å². The van der Waals surface area contributed by atoms with Gasteiger partial charge in [0.2, 0.25) is 0 Å². The zero-order valence-corrected chi connectivity index (χ0v) is 25.2. The van der Waals surface area contributed by atoms with E-state index < -0.39 is 23.9 Å². The fraction of sp³-hybridized carbons (Fsp3) is 1.00. The van der Waals surface area contributed by atoms with Crippen LogP contribution in [0.2, 0.25) is 0 Å². The highest BCUT2D eigenvalue weighted by Crippen LogP contribution is 2.37. The minimum atomic E-state index is -1.67. The Morgan fingerprint density at radius 3 is 1.30 bits per heavy atom. The van der Waals surface area contributed by atoms with Gasteiger partial charge in [-0.3, -0.25) is 0 Å². The van der Waals surface area contributed by atoms with Gasteiger partial charge in [0.1, 0.15) is 17.3 Å². The number of rotatable bonds is 29. The molecule has 0 saturated carbocycles. The maximum atomic E-state index is 11.9. The van der Waals surface area contributed by atoms with Crippen molar-refractivity contribution in [3.8, 4) is 0 Å². The van der Waals surface area contributed by atoms with E-state index >= 15 is 0 Å². The summed E-state index contributed by atoms with van der Waals surface area (Å²) in [6, 6.07) is 0. The Bertz CT molecular complexity index is 474. The summed E-state index contributed by atoms with van der Waals surface area (Å²) in [5.41, 5.74) is -3.34. The lowest BCUT2D eigenvalue weighted by molar-refractivity contribution is -0.241. The Balaban J connectivity index is 5.01. The molecule has 0 bridgehead atoms. The van der Waals surface area contributed by atoms with Gasteiger partial charge in [0, 0.05) is 6.61 Å². The van der Waals surface area contributed by atoms with Crippen LogP contribution in [-0.4, -0.2) is 57.6 Å². The fourth-order valence-electron chi connectivity index (χ4n) is 5.48. The van der Waals surface area contributed by atoms with Crippen LogP contribution in [0.4, 0.5) is 0 Å². The molecule has 4 N–H and O–H groups in total. The van der Waals surface area contributed by atoms with Crippen LogP contribution in [0.5, 0.6) is 0 Å². The first-order valence-electron chi connectivity index (χ1n) is 16.2. The van der Waals surface area contributed by atoms with Gasteiger partial charge in [0.15, 0.2) is 0 Å². The monoisotopic (exact) mass is 530 g/mol. The third-order valence-corrected chi connectivity index (χ3v) is 8.19. The first-order valence-corrected chi connectivity index (χ1v) is 16.2. The van der Waals surface area contributed by atoms with Gasteiger partial charge >= 0.3 is 0 Å². The Hall–Kier alpha value is -0.200. The van der Waals surface area contributed by atoms with Crippen LogP contribution < -0.4 is 0 Å². The van der Waals surface area contributed by atoms with E-state index in [-0.39, 0.29) is 6.61 Å². The standard InChI is InChI=1S/C32H66O5/c1-4-7-10-13-16-19-22-25-31(35,29-34)32(36,26-23-20-17-14-11-8-5-2)30(28-33)37-27-24-21-18-15-12-9-6-3/h30,33-36H,4-29H2,1-3H3/t30-,31+,32+/m1/s1. The van der Waals surface area contributed by atoms with Crippen LogP contribution in [0.1, 0.15) is 168 Å². The first kappa shape index (κ1) is 36.8. The molecule has 0 radical (unpaired) electrons. The maximum absolute atomic E-state index is 11.9. The van der Waals surface area contributed by atoms with Gasteiger partial charge in [-0.25, -0.2) is 0 Å². The topological polar surface area (TPSA) is 90.2 Å². The Labute approximate surface area is 230 Å². The van der Waals surface area contributed by atoms with Crippen molar-refractivity contribution < 1.29 is 25.2 Å². The first-order chi connectivity index (χ1) is 18.0. The van der Waals surface area contributed by atoms with Crippen LogP contribution in [0, 0.1) is 0 Å². The molecule has 224 valence electrons. The van der Waals surface area contributed by atoms with Crippen LogP contribution in [0.15, 0.2) is 0 Å². The number of aliphatic hydroxyl groups excluding tert-OH is 2. The zero-order chi connectivity index (χ0) is 27.7.